The van der Waals surface area contributed by atoms with Gasteiger partial charge < -0.3 is 0 Å². The van der Waals surface area contributed by atoms with Crippen molar-refractivity contribution in [3.8, 4) is 0 Å². The number of ketones is 1. The number of hydrogen-bond acceptors (Lipinski definition) is 1. The molecule has 1 unspecified atom stereocenters. The molecule has 0 amide bonds. The third-order valence-electron chi connectivity index (χ3n) is 3.20. The van der Waals surface area contributed by atoms with Crippen LogP contribution in [0.5, 0.6) is 0 Å². The summed E-state index contributed by atoms with van der Waals surface area (Å²) in [5.74, 6) is 0.0815. The van der Waals surface area contributed by atoms with E-state index in [4.69, 9.17) is 0 Å². The van der Waals surface area contributed by atoms with Crippen molar-refractivity contribution in [3.05, 3.63) is 35.4 Å². The third-order valence-corrected chi connectivity index (χ3v) is 3.20. The fourth-order valence-electron chi connectivity index (χ4n) is 2.04. The molecule has 2 heteroatoms. The Labute approximate surface area is 89.3 Å². The first kappa shape index (κ1) is 10.3. The number of benzene rings is 1. The van der Waals surface area contributed by atoms with Crippen LogP contribution in [0.15, 0.2) is 24.3 Å². The molecule has 0 aromatic heterocycles. The van der Waals surface area contributed by atoms with Crippen LogP contribution < -0.4 is 0 Å². The maximum Gasteiger partial charge on any atom is 0.160 e. The van der Waals surface area contributed by atoms with Crippen LogP contribution in [0.3, 0.4) is 0 Å². The first-order chi connectivity index (χ1) is 7.20. The monoisotopic (exact) mass is 206 g/mol. The molecule has 0 aliphatic heterocycles. The second kappa shape index (κ2) is 4.13. The smallest absolute Gasteiger partial charge is 0.160 e. The lowest BCUT2D eigenvalue weighted by Crippen LogP contribution is -2.18. The van der Waals surface area contributed by atoms with Crippen LogP contribution in [0.4, 0.5) is 4.39 Å². The maximum atomic E-state index is 14.0. The van der Waals surface area contributed by atoms with Gasteiger partial charge >= 0.3 is 0 Å². The van der Waals surface area contributed by atoms with Gasteiger partial charge in [0.05, 0.1) is 0 Å². The molecule has 0 spiro atoms. The number of rotatable bonds is 3. The third kappa shape index (κ3) is 1.94. The van der Waals surface area contributed by atoms with Crippen LogP contribution in [-0.4, -0.2) is 5.78 Å². The number of hydrogen-bond donors (Lipinski definition) is 0. The van der Waals surface area contributed by atoms with E-state index in [1.54, 1.807) is 24.3 Å². The Bertz CT molecular complexity index is 369. The molecule has 1 aromatic rings. The van der Waals surface area contributed by atoms with Gasteiger partial charge in [0.1, 0.15) is 6.17 Å². The minimum atomic E-state index is -0.959. The predicted molar refractivity (Wildman–Crippen MR) is 57.6 cm³/mol. The summed E-state index contributed by atoms with van der Waals surface area (Å²) in [7, 11) is 0. The Morgan fingerprint density at radius 3 is 2.60 bits per heavy atom. The van der Waals surface area contributed by atoms with Crippen molar-refractivity contribution in [1.82, 2.24) is 0 Å². The first-order valence-electron chi connectivity index (χ1n) is 5.44. The molecule has 1 aliphatic carbocycles. The zero-order chi connectivity index (χ0) is 10.8. The summed E-state index contributed by atoms with van der Waals surface area (Å²) in [5.41, 5.74) is 1.12. The summed E-state index contributed by atoms with van der Waals surface area (Å²) in [6, 6.07) is 7.03. The average molecular weight is 206 g/mol. The van der Waals surface area contributed by atoms with Gasteiger partial charge in [0, 0.05) is 5.56 Å². The predicted octanol–water partition coefficient (Wildman–Crippen LogP) is 3.70. The van der Waals surface area contributed by atoms with Crippen molar-refractivity contribution in [3.63, 3.8) is 0 Å². The summed E-state index contributed by atoms with van der Waals surface area (Å²) < 4.78 is 14.0. The summed E-state index contributed by atoms with van der Waals surface area (Å²) in [5, 5.41) is 0. The van der Waals surface area contributed by atoms with Gasteiger partial charge in [-0.25, -0.2) is 4.39 Å². The topological polar surface area (TPSA) is 17.1 Å². The van der Waals surface area contributed by atoms with Crippen LogP contribution in [-0.2, 0) is 0 Å². The average Bonchev–Trinajstić information content (AvgIpc) is 2.15. The second-order valence-corrected chi connectivity index (χ2v) is 4.24. The highest BCUT2D eigenvalue weighted by molar-refractivity contribution is 5.95. The van der Waals surface area contributed by atoms with E-state index in [0.29, 0.717) is 11.1 Å². The van der Waals surface area contributed by atoms with Crippen LogP contribution >= 0.6 is 0 Å². The van der Waals surface area contributed by atoms with Crippen molar-refractivity contribution in [2.75, 3.05) is 0 Å². The van der Waals surface area contributed by atoms with Crippen molar-refractivity contribution < 1.29 is 9.18 Å². The number of alkyl halides is 1. The molecule has 1 atom stereocenters. The van der Waals surface area contributed by atoms with Crippen molar-refractivity contribution >= 4 is 5.78 Å². The van der Waals surface area contributed by atoms with Crippen molar-refractivity contribution in [1.29, 1.82) is 0 Å². The molecule has 0 saturated heterocycles. The highest BCUT2D eigenvalue weighted by atomic mass is 19.1. The Hall–Kier alpha value is -1.18. The van der Waals surface area contributed by atoms with Crippen LogP contribution in [0, 0.1) is 5.92 Å². The second-order valence-electron chi connectivity index (χ2n) is 4.24. The van der Waals surface area contributed by atoms with Crippen molar-refractivity contribution in [2.45, 2.75) is 32.4 Å². The molecular weight excluding hydrogens is 191 g/mol. The first-order valence-corrected chi connectivity index (χ1v) is 5.44. The minimum Gasteiger partial charge on any atom is -0.294 e. The van der Waals surface area contributed by atoms with Gasteiger partial charge in [-0.3, -0.25) is 4.79 Å². The molecule has 0 N–H and O–H groups in total. The van der Waals surface area contributed by atoms with E-state index < -0.39 is 6.17 Å². The highest BCUT2D eigenvalue weighted by Gasteiger charge is 2.30. The maximum absolute atomic E-state index is 14.0. The fraction of sp³-hybridized carbons (Fsp3) is 0.462. The molecule has 0 radical (unpaired) electrons. The standard InChI is InChI=1S/C13H15FO/c1-9(15)11-7-2-3-8-12(11)13(14)10-5-4-6-10/h2-3,7-8,10,13H,4-6H2,1H3. The number of carbonyl (C=O) groups excluding carboxylic acids is 1. The molecule has 1 nitrogen and oxygen atoms in total. The van der Waals surface area contributed by atoms with E-state index in [0.717, 1.165) is 19.3 Å². The Morgan fingerprint density at radius 2 is 2.07 bits per heavy atom. The van der Waals surface area contributed by atoms with Crippen molar-refractivity contribution in [2.24, 2.45) is 5.92 Å². The van der Waals surface area contributed by atoms with Gasteiger partial charge in [-0.05, 0) is 31.2 Å². The molecule has 80 valence electrons. The Morgan fingerprint density at radius 1 is 1.40 bits per heavy atom. The molecule has 15 heavy (non-hydrogen) atoms. The van der Waals surface area contributed by atoms with E-state index in [9.17, 15) is 9.18 Å². The van der Waals surface area contributed by atoms with E-state index in [1.807, 2.05) is 0 Å². The largest absolute Gasteiger partial charge is 0.294 e. The highest BCUT2D eigenvalue weighted by Crippen LogP contribution is 2.41. The quantitative estimate of drug-likeness (QED) is 0.689. The SMILES string of the molecule is CC(=O)c1ccccc1C(F)C1CCC1. The number of Topliss-reactive ketones (excluding diaryl/α,β-unsaturated/α-hetero) is 1. The molecule has 2 rings (SSSR count). The summed E-state index contributed by atoms with van der Waals surface area (Å²) >= 11 is 0. The zero-order valence-electron chi connectivity index (χ0n) is 8.87. The molecule has 1 saturated carbocycles. The van der Waals surface area contributed by atoms with Gasteiger partial charge in [-0.2, -0.15) is 0 Å². The lowest BCUT2D eigenvalue weighted by Gasteiger charge is -2.29. The van der Waals surface area contributed by atoms with E-state index in [1.165, 1.54) is 6.92 Å². The number of carbonyl (C=O) groups is 1. The van der Waals surface area contributed by atoms with E-state index >= 15 is 0 Å². The Kier molecular flexibility index (Phi) is 2.85. The Balaban J connectivity index is 2.29. The van der Waals surface area contributed by atoms with Gasteiger partial charge in [-0.1, -0.05) is 30.7 Å². The van der Waals surface area contributed by atoms with Gasteiger partial charge in [-0.15, -0.1) is 0 Å². The normalized spacial score (nSPS) is 18.3. The molecule has 0 heterocycles. The molecule has 0 bridgehead atoms. The van der Waals surface area contributed by atoms with Gasteiger partial charge in [0.15, 0.2) is 5.78 Å². The summed E-state index contributed by atoms with van der Waals surface area (Å²) in [4.78, 5) is 11.3. The fourth-order valence-corrected chi connectivity index (χ4v) is 2.04. The van der Waals surface area contributed by atoms with Crippen LogP contribution in [0.1, 0.15) is 48.3 Å². The van der Waals surface area contributed by atoms with Gasteiger partial charge in [0.25, 0.3) is 0 Å². The number of halogens is 1. The zero-order valence-corrected chi connectivity index (χ0v) is 8.87. The minimum absolute atomic E-state index is 0.0485. The lowest BCUT2D eigenvalue weighted by atomic mass is 9.78. The molecule has 1 fully saturated rings. The van der Waals surface area contributed by atoms with E-state index in [2.05, 4.69) is 0 Å². The van der Waals surface area contributed by atoms with Gasteiger partial charge in [0.2, 0.25) is 0 Å². The van der Waals surface area contributed by atoms with Crippen LogP contribution in [0.25, 0.3) is 0 Å². The van der Waals surface area contributed by atoms with E-state index in [-0.39, 0.29) is 11.7 Å². The molecular formula is C13H15FO. The molecule has 1 aliphatic rings. The van der Waals surface area contributed by atoms with Crippen LogP contribution in [0.2, 0.25) is 0 Å². The lowest BCUT2D eigenvalue weighted by molar-refractivity contribution is 0.100. The summed E-state index contributed by atoms with van der Waals surface area (Å²) in [6.07, 6.45) is 2.06. The summed E-state index contributed by atoms with van der Waals surface area (Å²) in [6.45, 7) is 1.49. The molecule has 1 aromatic carbocycles.